The highest BCUT2D eigenvalue weighted by atomic mass is 35.5. The Morgan fingerprint density at radius 1 is 1.35 bits per heavy atom. The predicted octanol–water partition coefficient (Wildman–Crippen LogP) is 3.05. The molecule has 0 fully saturated rings. The molecule has 17 heavy (non-hydrogen) atoms. The maximum absolute atomic E-state index is 13.0. The van der Waals surface area contributed by atoms with Crippen LogP contribution in [-0.2, 0) is 5.92 Å². The molecule has 0 aliphatic heterocycles. The van der Waals surface area contributed by atoms with Crippen LogP contribution in [0.3, 0.4) is 0 Å². The molecule has 0 N–H and O–H groups in total. The quantitative estimate of drug-likeness (QED) is 0.618. The van der Waals surface area contributed by atoms with Crippen LogP contribution in [-0.4, -0.2) is 21.0 Å². The zero-order chi connectivity index (χ0) is 12.8. The van der Waals surface area contributed by atoms with Crippen LogP contribution in [0.25, 0.3) is 5.65 Å². The third kappa shape index (κ3) is 1.95. The first-order chi connectivity index (χ1) is 7.82. The standard InChI is InChI=1S/C9H6ClF4N3/c1-4-2-5(10)17-6(3-4)15-8(16-17)9(13,14)7(11)12/h2-3,7H,1H3. The van der Waals surface area contributed by atoms with Crippen molar-refractivity contribution < 1.29 is 17.6 Å². The van der Waals surface area contributed by atoms with Gasteiger partial charge in [-0.3, -0.25) is 0 Å². The van der Waals surface area contributed by atoms with Crippen molar-refractivity contribution in [1.82, 2.24) is 14.6 Å². The lowest BCUT2D eigenvalue weighted by molar-refractivity contribution is -0.140. The second-order valence-electron chi connectivity index (χ2n) is 3.48. The van der Waals surface area contributed by atoms with E-state index in [2.05, 4.69) is 10.1 Å². The number of aromatic nitrogens is 3. The molecule has 92 valence electrons. The van der Waals surface area contributed by atoms with E-state index in [1.54, 1.807) is 6.92 Å². The van der Waals surface area contributed by atoms with E-state index >= 15 is 0 Å². The van der Waals surface area contributed by atoms with Crippen LogP contribution < -0.4 is 0 Å². The third-order valence-electron chi connectivity index (χ3n) is 2.11. The molecule has 2 aromatic rings. The summed E-state index contributed by atoms with van der Waals surface area (Å²) in [6, 6.07) is 2.89. The van der Waals surface area contributed by atoms with E-state index in [0.29, 0.717) is 5.56 Å². The molecule has 0 aliphatic rings. The molecule has 0 spiro atoms. The summed E-state index contributed by atoms with van der Waals surface area (Å²) in [5.41, 5.74) is 0.673. The van der Waals surface area contributed by atoms with Gasteiger partial charge in [-0.2, -0.15) is 8.78 Å². The van der Waals surface area contributed by atoms with Crippen LogP contribution >= 0.6 is 11.6 Å². The number of hydrogen-bond donors (Lipinski definition) is 0. The maximum Gasteiger partial charge on any atom is 0.367 e. The smallest absolute Gasteiger partial charge is 0.206 e. The molecule has 2 heterocycles. The molecule has 0 aromatic carbocycles. The highest BCUT2D eigenvalue weighted by molar-refractivity contribution is 6.29. The van der Waals surface area contributed by atoms with Crippen LogP contribution in [0.1, 0.15) is 11.4 Å². The first-order valence-corrected chi connectivity index (χ1v) is 4.89. The summed E-state index contributed by atoms with van der Waals surface area (Å²) in [5.74, 6) is -5.62. The topological polar surface area (TPSA) is 30.2 Å². The van der Waals surface area contributed by atoms with E-state index in [4.69, 9.17) is 11.6 Å². The molecule has 0 saturated heterocycles. The van der Waals surface area contributed by atoms with E-state index in [1.165, 1.54) is 12.1 Å². The van der Waals surface area contributed by atoms with Crippen molar-refractivity contribution in [2.45, 2.75) is 19.3 Å². The average Bonchev–Trinajstić information content (AvgIpc) is 2.61. The van der Waals surface area contributed by atoms with Crippen LogP contribution in [0.5, 0.6) is 0 Å². The highest BCUT2D eigenvalue weighted by Gasteiger charge is 2.47. The lowest BCUT2D eigenvalue weighted by Crippen LogP contribution is -2.25. The number of fused-ring (bicyclic) bond motifs is 1. The molecular formula is C9H6ClF4N3. The molecule has 8 heteroatoms. The summed E-state index contributed by atoms with van der Waals surface area (Å²) in [5, 5.41) is 3.32. The number of rotatable bonds is 2. The first-order valence-electron chi connectivity index (χ1n) is 4.51. The SMILES string of the molecule is Cc1cc(Cl)n2nc(C(F)(F)C(F)F)nc2c1. The van der Waals surface area contributed by atoms with E-state index in [0.717, 1.165) is 4.52 Å². The lowest BCUT2D eigenvalue weighted by atomic mass is 10.3. The van der Waals surface area contributed by atoms with Gasteiger partial charge in [0.1, 0.15) is 5.15 Å². The summed E-state index contributed by atoms with van der Waals surface area (Å²) in [6.45, 7) is 1.67. The monoisotopic (exact) mass is 267 g/mol. The zero-order valence-corrected chi connectivity index (χ0v) is 9.22. The molecule has 0 amide bonds. The largest absolute Gasteiger partial charge is 0.367 e. The Morgan fingerprint density at radius 3 is 2.59 bits per heavy atom. The summed E-state index contributed by atoms with van der Waals surface area (Å²) < 4.78 is 51.2. The predicted molar refractivity (Wildman–Crippen MR) is 52.6 cm³/mol. The minimum Gasteiger partial charge on any atom is -0.206 e. The molecule has 0 aliphatic carbocycles. The van der Waals surface area contributed by atoms with Gasteiger partial charge in [-0.1, -0.05) is 11.6 Å². The van der Waals surface area contributed by atoms with E-state index in [-0.39, 0.29) is 10.8 Å². The maximum atomic E-state index is 13.0. The van der Waals surface area contributed by atoms with Crippen molar-refractivity contribution >= 4 is 17.2 Å². The second-order valence-corrected chi connectivity index (χ2v) is 3.87. The summed E-state index contributed by atoms with van der Waals surface area (Å²) in [4.78, 5) is 3.36. The van der Waals surface area contributed by atoms with Crippen LogP contribution in [0, 0.1) is 6.92 Å². The number of hydrogen-bond acceptors (Lipinski definition) is 2. The molecule has 0 unspecified atom stereocenters. The Kier molecular flexibility index (Phi) is 2.73. The van der Waals surface area contributed by atoms with Crippen molar-refractivity contribution in [3.8, 4) is 0 Å². The van der Waals surface area contributed by atoms with Gasteiger partial charge in [-0.05, 0) is 24.6 Å². The Labute approximate surface area is 98.0 Å². The van der Waals surface area contributed by atoms with Crippen molar-refractivity contribution in [2.75, 3.05) is 0 Å². The fourth-order valence-electron chi connectivity index (χ4n) is 1.31. The van der Waals surface area contributed by atoms with Crippen LogP contribution in [0.15, 0.2) is 12.1 Å². The number of alkyl halides is 4. The van der Waals surface area contributed by atoms with Crippen LogP contribution in [0.2, 0.25) is 5.15 Å². The van der Waals surface area contributed by atoms with Gasteiger partial charge in [-0.15, -0.1) is 5.10 Å². The summed E-state index contributed by atoms with van der Waals surface area (Å²) in [7, 11) is 0. The van der Waals surface area contributed by atoms with Crippen molar-refractivity contribution in [2.24, 2.45) is 0 Å². The Balaban J connectivity index is 2.63. The molecule has 0 bridgehead atoms. The van der Waals surface area contributed by atoms with Gasteiger partial charge >= 0.3 is 12.3 Å². The summed E-state index contributed by atoms with van der Waals surface area (Å²) in [6.07, 6.45) is -3.86. The fraction of sp³-hybridized carbons (Fsp3) is 0.333. The number of pyridine rings is 1. The fourth-order valence-corrected chi connectivity index (χ4v) is 1.60. The van der Waals surface area contributed by atoms with Gasteiger partial charge in [0, 0.05) is 0 Å². The van der Waals surface area contributed by atoms with Crippen molar-refractivity contribution in [3.05, 3.63) is 28.7 Å². The molecule has 0 radical (unpaired) electrons. The third-order valence-corrected chi connectivity index (χ3v) is 2.38. The Bertz CT molecular complexity index is 567. The van der Waals surface area contributed by atoms with E-state index < -0.39 is 18.2 Å². The normalized spacial score (nSPS) is 12.6. The Hall–Kier alpha value is -1.37. The first kappa shape index (κ1) is 12.1. The van der Waals surface area contributed by atoms with Crippen molar-refractivity contribution in [1.29, 1.82) is 0 Å². The molecule has 2 aromatic heterocycles. The number of halogens is 5. The lowest BCUT2D eigenvalue weighted by Gasteiger charge is -2.09. The highest BCUT2D eigenvalue weighted by Crippen LogP contribution is 2.32. The minimum absolute atomic E-state index is 0.00493. The van der Waals surface area contributed by atoms with Gasteiger partial charge < -0.3 is 0 Å². The van der Waals surface area contributed by atoms with Gasteiger partial charge in [-0.25, -0.2) is 18.3 Å². The average molecular weight is 268 g/mol. The van der Waals surface area contributed by atoms with Gasteiger partial charge in [0.15, 0.2) is 5.65 Å². The van der Waals surface area contributed by atoms with Crippen molar-refractivity contribution in [3.63, 3.8) is 0 Å². The minimum atomic E-state index is -4.39. The van der Waals surface area contributed by atoms with Crippen LogP contribution in [0.4, 0.5) is 17.6 Å². The number of nitrogens with zero attached hydrogens (tertiary/aromatic N) is 3. The van der Waals surface area contributed by atoms with Gasteiger partial charge in [0.2, 0.25) is 5.82 Å². The summed E-state index contributed by atoms with van der Waals surface area (Å²) >= 11 is 5.73. The second kappa shape index (κ2) is 3.83. The molecule has 0 atom stereocenters. The molecule has 0 saturated carbocycles. The Morgan fingerprint density at radius 2 is 2.00 bits per heavy atom. The van der Waals surface area contributed by atoms with Gasteiger partial charge in [0.05, 0.1) is 0 Å². The molecule has 2 rings (SSSR count). The number of aryl methyl sites for hydroxylation is 1. The zero-order valence-electron chi connectivity index (χ0n) is 8.46. The van der Waals surface area contributed by atoms with E-state index in [9.17, 15) is 17.6 Å². The molecular weight excluding hydrogens is 262 g/mol. The van der Waals surface area contributed by atoms with Gasteiger partial charge in [0.25, 0.3) is 0 Å². The van der Waals surface area contributed by atoms with E-state index in [1.807, 2.05) is 0 Å². The molecule has 3 nitrogen and oxygen atoms in total.